The van der Waals surface area contributed by atoms with Crippen LogP contribution in [0, 0.1) is 13.8 Å². The molecular weight excluding hydrogens is 306 g/mol. The van der Waals surface area contributed by atoms with Gasteiger partial charge in [0, 0.05) is 43.2 Å². The van der Waals surface area contributed by atoms with Crippen LogP contribution in [0.4, 0.5) is 5.69 Å². The zero-order chi connectivity index (χ0) is 17.3. The van der Waals surface area contributed by atoms with Gasteiger partial charge in [0.1, 0.15) is 11.5 Å². The molecule has 7 heteroatoms. The monoisotopic (exact) mass is 325 g/mol. The number of pyridine rings is 1. The maximum absolute atomic E-state index is 12.3. The van der Waals surface area contributed by atoms with E-state index in [1.165, 1.54) is 4.68 Å². The molecule has 0 aliphatic heterocycles. The third-order valence-electron chi connectivity index (χ3n) is 3.85. The van der Waals surface area contributed by atoms with E-state index in [-0.39, 0.29) is 5.56 Å². The van der Waals surface area contributed by atoms with E-state index >= 15 is 0 Å². The highest BCUT2D eigenvalue weighted by atomic mass is 16.5. The Labute approximate surface area is 139 Å². The molecular formula is C17H19N5O2. The van der Waals surface area contributed by atoms with Crippen molar-refractivity contribution in [2.24, 2.45) is 0 Å². The summed E-state index contributed by atoms with van der Waals surface area (Å²) in [6.45, 7) is 4.05. The lowest BCUT2D eigenvalue weighted by molar-refractivity contribution is 0.397. The number of hydrogen-bond acceptors (Lipinski definition) is 6. The Kier molecular flexibility index (Phi) is 4.16. The Morgan fingerprint density at radius 2 is 2.00 bits per heavy atom. The third kappa shape index (κ3) is 3.05. The lowest BCUT2D eigenvalue weighted by Gasteiger charge is -2.12. The minimum atomic E-state index is -0.171. The summed E-state index contributed by atoms with van der Waals surface area (Å²) < 4.78 is 6.73. The highest BCUT2D eigenvalue weighted by Gasteiger charge is 2.16. The fourth-order valence-corrected chi connectivity index (χ4v) is 2.35. The molecule has 0 amide bonds. The Morgan fingerprint density at radius 3 is 2.62 bits per heavy atom. The number of aryl methyl sites for hydroxylation is 2. The van der Waals surface area contributed by atoms with Gasteiger partial charge in [-0.15, -0.1) is 0 Å². The topological polar surface area (TPSA) is 77.0 Å². The fraction of sp³-hybridized carbons (Fsp3) is 0.294. The molecule has 3 aromatic rings. The van der Waals surface area contributed by atoms with Gasteiger partial charge in [-0.3, -0.25) is 9.78 Å². The number of aromatic nitrogens is 4. The molecule has 7 nitrogen and oxygen atoms in total. The van der Waals surface area contributed by atoms with Crippen molar-refractivity contribution >= 4 is 5.69 Å². The summed E-state index contributed by atoms with van der Waals surface area (Å²) in [5.74, 6) is 0.663. The van der Waals surface area contributed by atoms with Gasteiger partial charge in [-0.25, -0.2) is 4.68 Å². The molecule has 0 saturated carbocycles. The van der Waals surface area contributed by atoms with Gasteiger partial charge in [-0.2, -0.15) is 5.10 Å². The summed E-state index contributed by atoms with van der Waals surface area (Å²) in [6.07, 6.45) is 3.42. The van der Waals surface area contributed by atoms with E-state index in [9.17, 15) is 4.79 Å². The van der Waals surface area contributed by atoms with Crippen molar-refractivity contribution in [3.63, 3.8) is 0 Å². The first-order valence-electron chi connectivity index (χ1n) is 7.58. The molecule has 0 aliphatic rings. The molecule has 0 atom stereocenters. The number of nitrogens with zero attached hydrogens (tertiary/aromatic N) is 5. The molecule has 0 aliphatic carbocycles. The van der Waals surface area contributed by atoms with Gasteiger partial charge in [-0.1, -0.05) is 5.16 Å². The summed E-state index contributed by atoms with van der Waals surface area (Å²) >= 11 is 0. The minimum Gasteiger partial charge on any atom is -0.376 e. The van der Waals surface area contributed by atoms with Gasteiger partial charge < -0.3 is 9.42 Å². The minimum absolute atomic E-state index is 0.171. The summed E-state index contributed by atoms with van der Waals surface area (Å²) in [5.41, 5.74) is 3.89. The van der Waals surface area contributed by atoms with E-state index in [1.807, 2.05) is 45.0 Å². The summed E-state index contributed by atoms with van der Waals surface area (Å²) in [4.78, 5) is 18.4. The van der Waals surface area contributed by atoms with Crippen molar-refractivity contribution < 1.29 is 4.52 Å². The average molecular weight is 325 g/mol. The SMILES string of the molecule is Cc1ccc(-c2noc(C)c2Cn2ncc(N(C)C)cc2=O)cn1. The molecule has 3 heterocycles. The van der Waals surface area contributed by atoms with Gasteiger partial charge in [0.25, 0.3) is 5.56 Å². The lowest BCUT2D eigenvalue weighted by atomic mass is 10.1. The number of anilines is 1. The van der Waals surface area contributed by atoms with Crippen molar-refractivity contribution in [3.8, 4) is 11.3 Å². The molecule has 0 saturated heterocycles. The predicted octanol–water partition coefficient (Wildman–Crippen LogP) is 2.02. The molecule has 3 aromatic heterocycles. The Bertz CT molecular complexity index is 909. The average Bonchev–Trinajstić information content (AvgIpc) is 2.91. The van der Waals surface area contributed by atoms with E-state index in [1.54, 1.807) is 18.5 Å². The molecule has 0 spiro atoms. The zero-order valence-corrected chi connectivity index (χ0v) is 14.1. The smallest absolute Gasteiger partial charge is 0.269 e. The third-order valence-corrected chi connectivity index (χ3v) is 3.85. The van der Waals surface area contributed by atoms with Gasteiger partial charge in [0.15, 0.2) is 0 Å². The molecule has 0 unspecified atom stereocenters. The molecule has 124 valence electrons. The van der Waals surface area contributed by atoms with Crippen molar-refractivity contribution in [2.45, 2.75) is 20.4 Å². The van der Waals surface area contributed by atoms with Crippen LogP contribution in [0.3, 0.4) is 0 Å². The molecule has 3 rings (SSSR count). The zero-order valence-electron chi connectivity index (χ0n) is 14.1. The van der Waals surface area contributed by atoms with Crippen molar-refractivity contribution in [2.75, 3.05) is 19.0 Å². The largest absolute Gasteiger partial charge is 0.376 e. The van der Waals surface area contributed by atoms with E-state index in [0.717, 1.165) is 22.5 Å². The fourth-order valence-electron chi connectivity index (χ4n) is 2.35. The van der Waals surface area contributed by atoms with Crippen LogP contribution in [0.2, 0.25) is 0 Å². The normalized spacial score (nSPS) is 10.8. The van der Waals surface area contributed by atoms with Crippen LogP contribution in [0.1, 0.15) is 17.0 Å². The van der Waals surface area contributed by atoms with Crippen LogP contribution >= 0.6 is 0 Å². The van der Waals surface area contributed by atoms with Crippen LogP contribution in [-0.4, -0.2) is 34.0 Å². The second-order valence-electron chi connectivity index (χ2n) is 5.86. The Hall–Kier alpha value is -2.96. The van der Waals surface area contributed by atoms with Crippen LogP contribution in [-0.2, 0) is 6.54 Å². The lowest BCUT2D eigenvalue weighted by Crippen LogP contribution is -2.25. The van der Waals surface area contributed by atoms with E-state index < -0.39 is 0 Å². The van der Waals surface area contributed by atoms with Crippen molar-refractivity contribution in [1.82, 2.24) is 19.9 Å². The number of rotatable bonds is 4. The highest BCUT2D eigenvalue weighted by Crippen LogP contribution is 2.25. The molecule has 24 heavy (non-hydrogen) atoms. The van der Waals surface area contributed by atoms with Gasteiger partial charge in [0.05, 0.1) is 18.4 Å². The van der Waals surface area contributed by atoms with Gasteiger partial charge in [0.2, 0.25) is 0 Å². The summed E-state index contributed by atoms with van der Waals surface area (Å²) in [7, 11) is 3.74. The summed E-state index contributed by atoms with van der Waals surface area (Å²) in [6, 6.07) is 5.41. The summed E-state index contributed by atoms with van der Waals surface area (Å²) in [5, 5.41) is 8.36. The van der Waals surface area contributed by atoms with E-state index in [0.29, 0.717) is 18.0 Å². The molecule has 0 radical (unpaired) electrons. The molecule has 0 N–H and O–H groups in total. The standard InChI is InChI=1S/C17H19N5O2/c1-11-5-6-13(8-18-11)17-15(12(2)24-20-17)10-22-16(23)7-14(9-19-22)21(3)4/h5-9H,10H2,1-4H3. The molecule has 0 bridgehead atoms. The second kappa shape index (κ2) is 6.27. The Morgan fingerprint density at radius 1 is 1.21 bits per heavy atom. The second-order valence-corrected chi connectivity index (χ2v) is 5.86. The predicted molar refractivity (Wildman–Crippen MR) is 91.1 cm³/mol. The first kappa shape index (κ1) is 15.9. The first-order valence-corrected chi connectivity index (χ1v) is 7.58. The van der Waals surface area contributed by atoms with Crippen molar-refractivity contribution in [1.29, 1.82) is 0 Å². The van der Waals surface area contributed by atoms with E-state index in [2.05, 4.69) is 15.2 Å². The van der Waals surface area contributed by atoms with Gasteiger partial charge in [-0.05, 0) is 26.0 Å². The molecule has 0 aromatic carbocycles. The first-order chi connectivity index (χ1) is 11.5. The van der Waals surface area contributed by atoms with Crippen LogP contribution in [0.5, 0.6) is 0 Å². The van der Waals surface area contributed by atoms with E-state index in [4.69, 9.17) is 4.52 Å². The quantitative estimate of drug-likeness (QED) is 0.730. The molecule has 0 fully saturated rings. The van der Waals surface area contributed by atoms with Crippen LogP contribution in [0.15, 0.2) is 39.9 Å². The highest BCUT2D eigenvalue weighted by molar-refractivity contribution is 5.62. The maximum atomic E-state index is 12.3. The van der Waals surface area contributed by atoms with Crippen LogP contribution < -0.4 is 10.5 Å². The van der Waals surface area contributed by atoms with Crippen molar-refractivity contribution in [3.05, 3.63) is 58.0 Å². The number of hydrogen-bond donors (Lipinski definition) is 0. The Balaban J connectivity index is 1.98. The van der Waals surface area contributed by atoms with Crippen LogP contribution in [0.25, 0.3) is 11.3 Å². The maximum Gasteiger partial charge on any atom is 0.269 e. The van der Waals surface area contributed by atoms with Gasteiger partial charge >= 0.3 is 0 Å².